The van der Waals surface area contributed by atoms with Gasteiger partial charge in [-0.15, -0.1) is 0 Å². The van der Waals surface area contributed by atoms with Crippen molar-refractivity contribution in [2.75, 3.05) is 7.11 Å². The number of aromatic nitrogens is 1. The number of pyridine rings is 1. The second-order valence-corrected chi connectivity index (χ2v) is 6.35. The van der Waals surface area contributed by atoms with Crippen LogP contribution >= 0.6 is 0 Å². The van der Waals surface area contributed by atoms with Crippen molar-refractivity contribution in [2.45, 2.75) is 27.7 Å². The van der Waals surface area contributed by atoms with Gasteiger partial charge in [-0.3, -0.25) is 0 Å². The van der Waals surface area contributed by atoms with Crippen LogP contribution < -0.4 is 4.74 Å². The van der Waals surface area contributed by atoms with Gasteiger partial charge in [-0.05, 0) is 87.9 Å². The molecule has 0 spiro atoms. The molecule has 0 radical (unpaired) electrons. The molecule has 0 fully saturated rings. The molecule has 1 heterocycles. The molecular weight excluding hydrogens is 360 g/mol. The molecule has 0 saturated heterocycles. The summed E-state index contributed by atoms with van der Waals surface area (Å²) in [4.78, 5) is 4.73. The van der Waals surface area contributed by atoms with Gasteiger partial charge in [-0.2, -0.15) is 5.26 Å². The standard InChI is InChI=1S/C25H26N2O2/c1-6-8-22(7-2)29-19(4)10-9-18(3)25-21(17-26)13-16-24(27-25)20-11-14-23(28-5)15-12-20/h6-16H,1-5H3/b8-6-,18-9+,19-10+,22-7+. The van der Waals surface area contributed by atoms with Gasteiger partial charge < -0.3 is 9.47 Å². The lowest BCUT2D eigenvalue weighted by Crippen LogP contribution is -1.95. The normalized spacial score (nSPS) is 12.8. The van der Waals surface area contributed by atoms with Crippen molar-refractivity contribution < 1.29 is 9.47 Å². The Morgan fingerprint density at radius 1 is 1.03 bits per heavy atom. The number of methoxy groups -OCH3 is 1. The average molecular weight is 386 g/mol. The summed E-state index contributed by atoms with van der Waals surface area (Å²) in [6, 6.07) is 13.6. The van der Waals surface area contributed by atoms with E-state index >= 15 is 0 Å². The van der Waals surface area contributed by atoms with Gasteiger partial charge >= 0.3 is 0 Å². The van der Waals surface area contributed by atoms with Gasteiger partial charge in [-0.25, -0.2) is 4.98 Å². The van der Waals surface area contributed by atoms with E-state index in [9.17, 15) is 5.26 Å². The number of nitrogens with zero attached hydrogens (tertiary/aromatic N) is 2. The highest BCUT2D eigenvalue weighted by atomic mass is 16.5. The minimum Gasteiger partial charge on any atom is -0.497 e. The first-order valence-corrected chi connectivity index (χ1v) is 9.40. The van der Waals surface area contributed by atoms with E-state index in [-0.39, 0.29) is 0 Å². The Kier molecular flexibility index (Phi) is 8.00. The first kappa shape index (κ1) is 21.7. The van der Waals surface area contributed by atoms with Gasteiger partial charge in [0.25, 0.3) is 0 Å². The van der Waals surface area contributed by atoms with E-state index < -0.39 is 0 Å². The topological polar surface area (TPSA) is 55.1 Å². The van der Waals surface area contributed by atoms with Gasteiger partial charge in [0.1, 0.15) is 23.3 Å². The van der Waals surface area contributed by atoms with Crippen molar-refractivity contribution in [3.8, 4) is 23.1 Å². The smallest absolute Gasteiger partial charge is 0.122 e. The van der Waals surface area contributed by atoms with E-state index in [1.54, 1.807) is 13.2 Å². The summed E-state index contributed by atoms with van der Waals surface area (Å²) in [5, 5.41) is 9.50. The molecular formula is C25H26N2O2. The average Bonchev–Trinajstić information content (AvgIpc) is 2.76. The van der Waals surface area contributed by atoms with Crippen molar-refractivity contribution in [1.29, 1.82) is 5.26 Å². The minimum absolute atomic E-state index is 0.533. The Morgan fingerprint density at radius 3 is 2.34 bits per heavy atom. The highest BCUT2D eigenvalue weighted by Crippen LogP contribution is 2.25. The van der Waals surface area contributed by atoms with Crippen LogP contribution in [0.15, 0.2) is 78.3 Å². The number of hydrogen-bond donors (Lipinski definition) is 0. The van der Waals surface area contributed by atoms with Crippen LogP contribution in [0.2, 0.25) is 0 Å². The van der Waals surface area contributed by atoms with E-state index in [1.165, 1.54) is 0 Å². The first-order valence-electron chi connectivity index (χ1n) is 9.40. The van der Waals surface area contributed by atoms with Crippen molar-refractivity contribution in [3.05, 3.63) is 89.6 Å². The predicted molar refractivity (Wildman–Crippen MR) is 118 cm³/mol. The van der Waals surface area contributed by atoms with Crippen molar-refractivity contribution in [3.63, 3.8) is 0 Å². The van der Waals surface area contributed by atoms with Crippen molar-refractivity contribution >= 4 is 5.57 Å². The maximum Gasteiger partial charge on any atom is 0.122 e. The largest absolute Gasteiger partial charge is 0.497 e. The van der Waals surface area contributed by atoms with Gasteiger partial charge in [0.2, 0.25) is 0 Å². The summed E-state index contributed by atoms with van der Waals surface area (Å²) >= 11 is 0. The van der Waals surface area contributed by atoms with E-state index in [4.69, 9.17) is 14.5 Å². The summed E-state index contributed by atoms with van der Waals surface area (Å²) in [6.07, 6.45) is 9.53. The van der Waals surface area contributed by atoms with Crippen LogP contribution in [0.5, 0.6) is 5.75 Å². The zero-order valence-electron chi connectivity index (χ0n) is 17.6. The monoisotopic (exact) mass is 386 g/mol. The Labute approximate surface area is 173 Å². The fourth-order valence-electron chi connectivity index (χ4n) is 2.67. The summed E-state index contributed by atoms with van der Waals surface area (Å²) in [5.74, 6) is 2.32. The molecule has 1 aromatic heterocycles. The maximum absolute atomic E-state index is 9.50. The lowest BCUT2D eigenvalue weighted by Gasteiger charge is -2.09. The number of rotatable bonds is 7. The van der Waals surface area contributed by atoms with E-state index in [1.807, 2.05) is 88.4 Å². The highest BCUT2D eigenvalue weighted by molar-refractivity contribution is 5.71. The summed E-state index contributed by atoms with van der Waals surface area (Å²) in [7, 11) is 1.64. The number of benzene rings is 1. The SMILES string of the molecule is C/C=C\C(=C/C)O/C(C)=C/C=C(\C)c1nc(-c2ccc(OC)cc2)ccc1C#N. The third-order valence-electron chi connectivity index (χ3n) is 4.24. The fourth-order valence-corrected chi connectivity index (χ4v) is 2.67. The number of hydrogen-bond acceptors (Lipinski definition) is 4. The van der Waals surface area contributed by atoms with Crippen LogP contribution in [0.1, 0.15) is 39.0 Å². The van der Waals surface area contributed by atoms with Crippen molar-refractivity contribution in [1.82, 2.24) is 4.98 Å². The molecule has 0 atom stereocenters. The summed E-state index contributed by atoms with van der Waals surface area (Å²) in [6.45, 7) is 7.70. The molecule has 0 aliphatic rings. The minimum atomic E-state index is 0.533. The zero-order valence-corrected chi connectivity index (χ0v) is 17.6. The van der Waals surface area contributed by atoms with Gasteiger partial charge in [0.15, 0.2) is 0 Å². The Morgan fingerprint density at radius 2 is 1.76 bits per heavy atom. The van der Waals surface area contributed by atoms with Gasteiger partial charge in [-0.1, -0.05) is 12.2 Å². The van der Waals surface area contributed by atoms with Crippen LogP contribution in [0.4, 0.5) is 0 Å². The van der Waals surface area contributed by atoms with Gasteiger partial charge in [0.05, 0.1) is 24.1 Å². The lowest BCUT2D eigenvalue weighted by atomic mass is 10.0. The van der Waals surface area contributed by atoms with Crippen LogP contribution in [0.25, 0.3) is 16.8 Å². The molecule has 148 valence electrons. The quantitative estimate of drug-likeness (QED) is 0.406. The van der Waals surface area contributed by atoms with Crippen LogP contribution in [-0.4, -0.2) is 12.1 Å². The molecule has 4 nitrogen and oxygen atoms in total. The van der Waals surface area contributed by atoms with Crippen molar-refractivity contribution in [2.24, 2.45) is 0 Å². The molecule has 2 aromatic rings. The summed E-state index contributed by atoms with van der Waals surface area (Å²) in [5.41, 5.74) is 3.84. The molecule has 0 N–H and O–H groups in total. The van der Waals surface area contributed by atoms with Gasteiger partial charge in [0, 0.05) is 5.56 Å². The molecule has 4 heteroatoms. The molecule has 29 heavy (non-hydrogen) atoms. The number of allylic oxidation sites excluding steroid dienone is 7. The third kappa shape index (κ3) is 5.95. The van der Waals surface area contributed by atoms with Crippen LogP contribution in [0.3, 0.4) is 0 Å². The maximum atomic E-state index is 9.50. The summed E-state index contributed by atoms with van der Waals surface area (Å²) < 4.78 is 11.0. The molecule has 0 aliphatic heterocycles. The second kappa shape index (κ2) is 10.7. The zero-order chi connectivity index (χ0) is 21.2. The lowest BCUT2D eigenvalue weighted by molar-refractivity contribution is 0.321. The molecule has 0 amide bonds. The number of ether oxygens (including phenoxy) is 2. The first-order chi connectivity index (χ1) is 14.0. The van der Waals surface area contributed by atoms with Crippen LogP contribution in [-0.2, 0) is 4.74 Å². The molecule has 0 aliphatic carbocycles. The molecule has 0 bridgehead atoms. The predicted octanol–water partition coefficient (Wildman–Crippen LogP) is 6.43. The second-order valence-electron chi connectivity index (χ2n) is 6.35. The fraction of sp³-hybridized carbons (Fsp3) is 0.200. The number of nitriles is 1. The molecule has 0 saturated carbocycles. The Bertz CT molecular complexity index is 1000. The highest BCUT2D eigenvalue weighted by Gasteiger charge is 2.09. The Balaban J connectivity index is 2.34. The molecule has 1 aromatic carbocycles. The molecule has 2 rings (SSSR count). The molecule has 0 unspecified atom stereocenters. The van der Waals surface area contributed by atoms with E-state index in [2.05, 4.69) is 6.07 Å². The van der Waals surface area contributed by atoms with E-state index in [0.717, 1.165) is 34.1 Å². The Hall–Kier alpha value is -3.58. The third-order valence-corrected chi connectivity index (χ3v) is 4.24. The van der Waals surface area contributed by atoms with E-state index in [0.29, 0.717) is 11.3 Å². The van der Waals surface area contributed by atoms with Crippen LogP contribution in [0, 0.1) is 11.3 Å².